The van der Waals surface area contributed by atoms with Crippen molar-refractivity contribution in [1.29, 1.82) is 0 Å². The third-order valence-electron chi connectivity index (χ3n) is 2.96. The number of rotatable bonds is 9. The molecule has 1 aromatic rings. The largest absolute Gasteiger partial charge is 0.492 e. The third-order valence-corrected chi connectivity index (χ3v) is 2.96. The second-order valence-corrected chi connectivity index (χ2v) is 4.70. The third kappa shape index (κ3) is 5.50. The number of hydrogen-bond donors (Lipinski definition) is 1. The Bertz CT molecular complexity index is 339. The average molecular weight is 250 g/mol. The van der Waals surface area contributed by atoms with Crippen molar-refractivity contribution in [3.8, 4) is 5.75 Å². The maximum absolute atomic E-state index is 5.81. The van der Waals surface area contributed by atoms with Crippen molar-refractivity contribution in [3.05, 3.63) is 23.5 Å². The minimum absolute atomic E-state index is 0.614. The van der Waals surface area contributed by atoms with Crippen LogP contribution in [0.25, 0.3) is 0 Å². The van der Waals surface area contributed by atoms with Crippen molar-refractivity contribution < 1.29 is 4.74 Å². The molecule has 0 saturated heterocycles. The first kappa shape index (κ1) is 15.0. The molecule has 0 fully saturated rings. The van der Waals surface area contributed by atoms with Crippen molar-refractivity contribution in [2.75, 3.05) is 13.2 Å². The number of nitrogens with two attached hydrogens (primary N) is 1. The summed E-state index contributed by atoms with van der Waals surface area (Å²) in [6, 6.07) is 4.01. The summed E-state index contributed by atoms with van der Waals surface area (Å²) in [6.45, 7) is 5.62. The number of aromatic nitrogens is 1. The molecule has 0 aliphatic carbocycles. The fourth-order valence-electron chi connectivity index (χ4n) is 1.93. The van der Waals surface area contributed by atoms with Crippen LogP contribution in [0.15, 0.2) is 12.1 Å². The maximum Gasteiger partial charge on any atom is 0.140 e. The number of hydrogen-bond acceptors (Lipinski definition) is 3. The molecule has 0 amide bonds. The Hall–Kier alpha value is -1.09. The topological polar surface area (TPSA) is 48.1 Å². The van der Waals surface area contributed by atoms with Crippen LogP contribution in [0, 0.1) is 6.92 Å². The number of aryl methyl sites for hydroxylation is 1. The van der Waals surface area contributed by atoms with Gasteiger partial charge in [-0.25, -0.2) is 0 Å². The van der Waals surface area contributed by atoms with E-state index >= 15 is 0 Å². The molecule has 0 aliphatic rings. The summed E-state index contributed by atoms with van der Waals surface area (Å²) < 4.78 is 5.81. The van der Waals surface area contributed by atoms with E-state index in [1.807, 2.05) is 19.1 Å². The van der Waals surface area contributed by atoms with Crippen LogP contribution in [0.2, 0.25) is 0 Å². The van der Waals surface area contributed by atoms with E-state index < -0.39 is 0 Å². The molecule has 102 valence electrons. The van der Waals surface area contributed by atoms with Gasteiger partial charge in [0.15, 0.2) is 0 Å². The highest BCUT2D eigenvalue weighted by Gasteiger charge is 2.04. The molecule has 3 heteroatoms. The van der Waals surface area contributed by atoms with Gasteiger partial charge in [-0.3, -0.25) is 4.98 Å². The van der Waals surface area contributed by atoms with Crippen LogP contribution in [0.3, 0.4) is 0 Å². The van der Waals surface area contributed by atoms with Crippen molar-refractivity contribution in [3.63, 3.8) is 0 Å². The van der Waals surface area contributed by atoms with E-state index in [2.05, 4.69) is 11.9 Å². The number of unbranched alkanes of at least 4 members (excludes halogenated alkanes) is 4. The zero-order valence-electron chi connectivity index (χ0n) is 11.7. The molecule has 1 aromatic heterocycles. The zero-order chi connectivity index (χ0) is 13.2. The molecule has 2 N–H and O–H groups in total. The molecule has 0 atom stereocenters. The van der Waals surface area contributed by atoms with E-state index in [1.165, 1.54) is 25.7 Å². The molecule has 0 unspecified atom stereocenters. The Balaban J connectivity index is 2.36. The molecule has 0 radical (unpaired) electrons. The Morgan fingerprint density at radius 3 is 2.67 bits per heavy atom. The van der Waals surface area contributed by atoms with Crippen molar-refractivity contribution in [2.24, 2.45) is 5.73 Å². The molecule has 1 rings (SSSR count). The maximum atomic E-state index is 5.81. The second-order valence-electron chi connectivity index (χ2n) is 4.70. The van der Waals surface area contributed by atoms with Crippen molar-refractivity contribution >= 4 is 0 Å². The summed E-state index contributed by atoms with van der Waals surface area (Å²) in [5, 5.41) is 0. The summed E-state index contributed by atoms with van der Waals surface area (Å²) in [7, 11) is 0. The van der Waals surface area contributed by atoms with Gasteiger partial charge in [-0.05, 0) is 32.0 Å². The highest BCUT2D eigenvalue weighted by Crippen LogP contribution is 2.17. The van der Waals surface area contributed by atoms with E-state index in [0.29, 0.717) is 6.54 Å². The normalized spacial score (nSPS) is 10.6. The molecule has 0 aliphatic heterocycles. The first-order valence-corrected chi connectivity index (χ1v) is 7.07. The van der Waals surface area contributed by atoms with Gasteiger partial charge in [0, 0.05) is 12.1 Å². The molecule has 0 aromatic carbocycles. The standard InChI is InChI=1S/C15H26N2O/c1-3-4-5-6-7-12-18-15-9-8-13(2)17-14(15)10-11-16/h8-9H,3-7,10-12,16H2,1-2H3. The Kier molecular flexibility index (Phi) is 7.42. The molecular weight excluding hydrogens is 224 g/mol. The smallest absolute Gasteiger partial charge is 0.140 e. The Morgan fingerprint density at radius 1 is 1.17 bits per heavy atom. The van der Waals surface area contributed by atoms with Crippen molar-refractivity contribution in [1.82, 2.24) is 4.98 Å². The molecule has 0 saturated carbocycles. The molecular formula is C15H26N2O. The number of nitrogens with zero attached hydrogens (tertiary/aromatic N) is 1. The molecule has 0 bridgehead atoms. The van der Waals surface area contributed by atoms with Gasteiger partial charge in [-0.1, -0.05) is 32.6 Å². The van der Waals surface area contributed by atoms with Gasteiger partial charge < -0.3 is 10.5 Å². The summed E-state index contributed by atoms with van der Waals surface area (Å²) in [5.41, 5.74) is 7.61. The van der Waals surface area contributed by atoms with Gasteiger partial charge >= 0.3 is 0 Å². The van der Waals surface area contributed by atoms with Crippen LogP contribution in [0.5, 0.6) is 5.75 Å². The zero-order valence-corrected chi connectivity index (χ0v) is 11.7. The van der Waals surface area contributed by atoms with Crippen LogP contribution in [0.4, 0.5) is 0 Å². The van der Waals surface area contributed by atoms with Crippen molar-refractivity contribution in [2.45, 2.75) is 52.4 Å². The minimum atomic E-state index is 0.614. The average Bonchev–Trinajstić information content (AvgIpc) is 2.36. The van der Waals surface area contributed by atoms with Gasteiger partial charge in [0.2, 0.25) is 0 Å². The van der Waals surface area contributed by atoms with Crippen LogP contribution in [0.1, 0.15) is 50.4 Å². The molecule has 18 heavy (non-hydrogen) atoms. The van der Waals surface area contributed by atoms with Gasteiger partial charge in [-0.15, -0.1) is 0 Å². The van der Waals surface area contributed by atoms with Gasteiger partial charge in [0.25, 0.3) is 0 Å². The van der Waals surface area contributed by atoms with Crippen LogP contribution >= 0.6 is 0 Å². The Morgan fingerprint density at radius 2 is 1.94 bits per heavy atom. The summed E-state index contributed by atoms with van der Waals surface area (Å²) >= 11 is 0. The van der Waals surface area contributed by atoms with Crippen LogP contribution in [-0.2, 0) is 6.42 Å². The van der Waals surface area contributed by atoms with Gasteiger partial charge in [-0.2, -0.15) is 0 Å². The lowest BCUT2D eigenvalue weighted by Gasteiger charge is -2.11. The number of pyridine rings is 1. The predicted molar refractivity (Wildman–Crippen MR) is 76.0 cm³/mol. The SMILES string of the molecule is CCCCCCCOc1ccc(C)nc1CCN. The van der Waals surface area contributed by atoms with Gasteiger partial charge in [0.05, 0.1) is 12.3 Å². The lowest BCUT2D eigenvalue weighted by Crippen LogP contribution is -2.08. The molecule has 3 nitrogen and oxygen atoms in total. The summed E-state index contributed by atoms with van der Waals surface area (Å²) in [4.78, 5) is 4.49. The molecule has 1 heterocycles. The van der Waals surface area contributed by atoms with E-state index in [-0.39, 0.29) is 0 Å². The van der Waals surface area contributed by atoms with E-state index in [4.69, 9.17) is 10.5 Å². The van der Waals surface area contributed by atoms with Gasteiger partial charge in [0.1, 0.15) is 5.75 Å². The lowest BCUT2D eigenvalue weighted by atomic mass is 10.2. The fourth-order valence-corrected chi connectivity index (χ4v) is 1.93. The molecule has 0 spiro atoms. The monoisotopic (exact) mass is 250 g/mol. The van der Waals surface area contributed by atoms with Crippen LogP contribution in [-0.4, -0.2) is 18.1 Å². The highest BCUT2D eigenvalue weighted by molar-refractivity contribution is 5.29. The number of ether oxygens (including phenoxy) is 1. The summed E-state index contributed by atoms with van der Waals surface area (Å²) in [6.07, 6.45) is 7.07. The Labute approximate surface area is 111 Å². The highest BCUT2D eigenvalue weighted by atomic mass is 16.5. The second kappa shape index (κ2) is 8.92. The quantitative estimate of drug-likeness (QED) is 0.684. The van der Waals surface area contributed by atoms with E-state index in [9.17, 15) is 0 Å². The van der Waals surface area contributed by atoms with E-state index in [0.717, 1.165) is 36.6 Å². The minimum Gasteiger partial charge on any atom is -0.492 e. The predicted octanol–water partition coefficient (Wildman–Crippen LogP) is 3.24. The first-order valence-electron chi connectivity index (χ1n) is 7.07. The van der Waals surface area contributed by atoms with E-state index in [1.54, 1.807) is 0 Å². The first-order chi connectivity index (χ1) is 8.77. The fraction of sp³-hybridized carbons (Fsp3) is 0.667. The van der Waals surface area contributed by atoms with Crippen LogP contribution < -0.4 is 10.5 Å². The lowest BCUT2D eigenvalue weighted by molar-refractivity contribution is 0.300. The summed E-state index contributed by atoms with van der Waals surface area (Å²) in [5.74, 6) is 0.904.